The zero-order chi connectivity index (χ0) is 22.1. The summed E-state index contributed by atoms with van der Waals surface area (Å²) in [5, 5.41) is 1.65. The Bertz CT molecular complexity index is 1040. The van der Waals surface area contributed by atoms with Gasteiger partial charge < -0.3 is 9.64 Å². The number of amides is 1. The highest BCUT2D eigenvalue weighted by atomic mass is 79.9. The van der Waals surface area contributed by atoms with Crippen molar-refractivity contribution < 1.29 is 17.9 Å². The molecule has 1 fully saturated rings. The van der Waals surface area contributed by atoms with Crippen LogP contribution in [0.5, 0.6) is 0 Å². The van der Waals surface area contributed by atoms with E-state index in [1.165, 1.54) is 4.31 Å². The van der Waals surface area contributed by atoms with Crippen LogP contribution in [0.25, 0.3) is 10.8 Å². The minimum Gasteiger partial charge on any atom is -0.444 e. The number of nitrogens with zero attached hydrogens (tertiary/aromatic N) is 3. The molecule has 164 valence electrons. The first-order valence-corrected chi connectivity index (χ1v) is 12.3. The second-order valence-corrected chi connectivity index (χ2v) is 11.2. The smallest absolute Gasteiger partial charge is 0.410 e. The van der Waals surface area contributed by atoms with Gasteiger partial charge in [-0.15, -0.1) is 0 Å². The molecule has 0 radical (unpaired) electrons. The van der Waals surface area contributed by atoms with Crippen LogP contribution in [0.2, 0.25) is 0 Å². The molecule has 3 rings (SSSR count). The Morgan fingerprint density at radius 3 is 2.60 bits per heavy atom. The normalized spacial score (nSPS) is 19.4. The summed E-state index contributed by atoms with van der Waals surface area (Å²) in [7, 11) is -3.77. The first-order valence-electron chi connectivity index (χ1n) is 10.0. The fourth-order valence-electron chi connectivity index (χ4n) is 3.58. The fourth-order valence-corrected chi connectivity index (χ4v) is 6.42. The van der Waals surface area contributed by atoms with Gasteiger partial charge in [-0.1, -0.05) is 6.07 Å². The molecule has 9 heteroatoms. The number of carbonyl (C=O) groups excluding carboxylic acids is 1. The molecule has 0 bridgehead atoms. The molecule has 0 N–H and O–H groups in total. The summed E-state index contributed by atoms with van der Waals surface area (Å²) in [4.78, 5) is 18.5. The third-order valence-electron chi connectivity index (χ3n) is 4.99. The molecule has 1 atom stereocenters. The SMILES string of the molecule is CC1CN(C(=O)OC(C)(C)C)CCCCN1S(=O)(=O)c1ccc2cnccc2c1Br. The van der Waals surface area contributed by atoms with Gasteiger partial charge >= 0.3 is 6.09 Å². The van der Waals surface area contributed by atoms with Gasteiger partial charge in [-0.3, -0.25) is 4.98 Å². The Labute approximate surface area is 186 Å². The Morgan fingerprint density at radius 2 is 1.90 bits per heavy atom. The quantitative estimate of drug-likeness (QED) is 0.613. The molecule has 2 aromatic rings. The van der Waals surface area contributed by atoms with Gasteiger partial charge in [-0.05, 0) is 68.6 Å². The van der Waals surface area contributed by atoms with E-state index in [4.69, 9.17) is 4.74 Å². The lowest BCUT2D eigenvalue weighted by molar-refractivity contribution is 0.0197. The van der Waals surface area contributed by atoms with E-state index in [2.05, 4.69) is 20.9 Å². The van der Waals surface area contributed by atoms with Crippen molar-refractivity contribution in [1.82, 2.24) is 14.2 Å². The molecule has 1 amide bonds. The number of sulfonamides is 1. The third-order valence-corrected chi connectivity index (χ3v) is 8.16. The van der Waals surface area contributed by atoms with Gasteiger partial charge in [0.05, 0.1) is 4.90 Å². The van der Waals surface area contributed by atoms with Crippen molar-refractivity contribution >= 4 is 42.8 Å². The summed E-state index contributed by atoms with van der Waals surface area (Å²) in [5.74, 6) is 0. The molecule has 0 spiro atoms. The van der Waals surface area contributed by atoms with Crippen LogP contribution in [0.4, 0.5) is 4.79 Å². The monoisotopic (exact) mass is 497 g/mol. The van der Waals surface area contributed by atoms with E-state index in [9.17, 15) is 13.2 Å². The summed E-state index contributed by atoms with van der Waals surface area (Å²) in [6.07, 6.45) is 4.31. The maximum atomic E-state index is 13.6. The molecule has 0 aliphatic carbocycles. The number of hydrogen-bond acceptors (Lipinski definition) is 5. The predicted octanol–water partition coefficient (Wildman–Crippen LogP) is 4.41. The molecule has 30 heavy (non-hydrogen) atoms. The number of fused-ring (bicyclic) bond motifs is 1. The van der Waals surface area contributed by atoms with Crippen LogP contribution in [0, 0.1) is 0 Å². The molecule has 1 aromatic carbocycles. The zero-order valence-electron chi connectivity index (χ0n) is 17.8. The van der Waals surface area contributed by atoms with Crippen LogP contribution >= 0.6 is 15.9 Å². The fraction of sp³-hybridized carbons (Fsp3) is 0.524. The van der Waals surface area contributed by atoms with Crippen LogP contribution in [-0.2, 0) is 14.8 Å². The summed E-state index contributed by atoms with van der Waals surface area (Å²) >= 11 is 3.49. The largest absolute Gasteiger partial charge is 0.444 e. The van der Waals surface area contributed by atoms with E-state index in [1.807, 2.05) is 27.7 Å². The number of halogens is 1. The molecule has 1 aromatic heterocycles. The Hall–Kier alpha value is -1.71. The summed E-state index contributed by atoms with van der Waals surface area (Å²) < 4.78 is 34.7. The molecule has 1 unspecified atom stereocenters. The van der Waals surface area contributed by atoms with E-state index in [0.29, 0.717) is 30.4 Å². The molecule has 1 aliphatic heterocycles. The van der Waals surface area contributed by atoms with Gasteiger partial charge in [-0.25, -0.2) is 13.2 Å². The van der Waals surface area contributed by atoms with Crippen LogP contribution in [-0.4, -0.2) is 60.0 Å². The first-order chi connectivity index (χ1) is 14.0. The van der Waals surface area contributed by atoms with Crippen molar-refractivity contribution in [3.63, 3.8) is 0 Å². The number of carbonyl (C=O) groups is 1. The first kappa shape index (κ1) is 23.0. The van der Waals surface area contributed by atoms with Crippen molar-refractivity contribution in [3.8, 4) is 0 Å². The molecule has 7 nitrogen and oxygen atoms in total. The number of hydrogen-bond donors (Lipinski definition) is 0. The third kappa shape index (κ3) is 4.95. The lowest BCUT2D eigenvalue weighted by atomic mass is 10.2. The predicted molar refractivity (Wildman–Crippen MR) is 120 cm³/mol. The summed E-state index contributed by atoms with van der Waals surface area (Å²) in [6, 6.07) is 4.78. The van der Waals surface area contributed by atoms with E-state index < -0.39 is 21.7 Å². The van der Waals surface area contributed by atoms with Crippen LogP contribution in [0.3, 0.4) is 0 Å². The number of rotatable bonds is 2. The maximum Gasteiger partial charge on any atom is 0.410 e. The molecule has 1 saturated heterocycles. The second-order valence-electron chi connectivity index (χ2n) is 8.57. The van der Waals surface area contributed by atoms with Gasteiger partial charge in [0.2, 0.25) is 10.0 Å². The zero-order valence-corrected chi connectivity index (χ0v) is 20.2. The highest BCUT2D eigenvalue weighted by Gasteiger charge is 2.34. The summed E-state index contributed by atoms with van der Waals surface area (Å²) in [6.45, 7) is 8.54. The average molecular weight is 498 g/mol. The van der Waals surface area contributed by atoms with Crippen LogP contribution < -0.4 is 0 Å². The van der Waals surface area contributed by atoms with Crippen molar-refractivity contribution in [1.29, 1.82) is 0 Å². The van der Waals surface area contributed by atoms with E-state index >= 15 is 0 Å². The van der Waals surface area contributed by atoms with Gasteiger partial charge in [0.1, 0.15) is 5.60 Å². The van der Waals surface area contributed by atoms with Crippen molar-refractivity contribution in [3.05, 3.63) is 35.1 Å². The Morgan fingerprint density at radius 1 is 1.20 bits per heavy atom. The van der Waals surface area contributed by atoms with E-state index in [0.717, 1.165) is 10.8 Å². The Kier molecular flexibility index (Phi) is 6.74. The Balaban J connectivity index is 1.90. The molecule has 2 heterocycles. The standard InChI is InChI=1S/C21H28BrN3O4S/c1-15-14-24(20(26)29-21(2,3)4)11-5-6-12-25(15)30(27,28)18-8-7-16-13-23-10-9-17(16)19(18)22/h7-10,13,15H,5-6,11-12,14H2,1-4H3. The number of ether oxygens (including phenoxy) is 1. The number of aromatic nitrogens is 1. The molecule has 1 aliphatic rings. The minimum absolute atomic E-state index is 0.220. The molecule has 0 saturated carbocycles. The number of pyridine rings is 1. The van der Waals surface area contributed by atoms with E-state index in [-0.39, 0.29) is 17.5 Å². The average Bonchev–Trinajstić information content (AvgIpc) is 2.63. The molecular weight excluding hydrogens is 470 g/mol. The lowest BCUT2D eigenvalue weighted by Crippen LogP contribution is -2.50. The maximum absolute atomic E-state index is 13.6. The lowest BCUT2D eigenvalue weighted by Gasteiger charge is -2.36. The highest BCUT2D eigenvalue weighted by molar-refractivity contribution is 9.10. The van der Waals surface area contributed by atoms with Gasteiger partial charge in [0, 0.05) is 53.3 Å². The second kappa shape index (κ2) is 8.80. The summed E-state index contributed by atoms with van der Waals surface area (Å²) in [5.41, 5.74) is -0.598. The van der Waals surface area contributed by atoms with Crippen LogP contribution in [0.15, 0.2) is 40.0 Å². The van der Waals surface area contributed by atoms with E-state index in [1.54, 1.807) is 35.5 Å². The molecular formula is C21H28BrN3O4S. The van der Waals surface area contributed by atoms with Gasteiger partial charge in [-0.2, -0.15) is 4.31 Å². The number of benzene rings is 1. The van der Waals surface area contributed by atoms with Crippen molar-refractivity contribution in [2.24, 2.45) is 0 Å². The minimum atomic E-state index is -3.77. The topological polar surface area (TPSA) is 79.8 Å². The highest BCUT2D eigenvalue weighted by Crippen LogP contribution is 2.33. The van der Waals surface area contributed by atoms with Gasteiger partial charge in [0.25, 0.3) is 0 Å². The van der Waals surface area contributed by atoms with Crippen molar-refractivity contribution in [2.45, 2.75) is 57.1 Å². The van der Waals surface area contributed by atoms with Crippen molar-refractivity contribution in [2.75, 3.05) is 19.6 Å². The van der Waals surface area contributed by atoms with Crippen LogP contribution in [0.1, 0.15) is 40.5 Å². The van der Waals surface area contributed by atoms with Gasteiger partial charge in [0.15, 0.2) is 0 Å².